The monoisotopic (exact) mass is 381 g/mol. The normalized spacial score (nSPS) is 18.4. The van der Waals surface area contributed by atoms with Gasteiger partial charge >= 0.3 is 0 Å². The molecular weight excluding hydrogens is 362 g/mol. The lowest BCUT2D eigenvalue weighted by Gasteiger charge is -2.24. The highest BCUT2D eigenvalue weighted by Gasteiger charge is 2.37. The zero-order valence-electron chi connectivity index (χ0n) is 15.0. The minimum absolute atomic E-state index is 0.0471. The Labute approximate surface area is 163 Å². The molecule has 2 aromatic rings. The largest absolute Gasteiger partial charge is 0.324 e. The van der Waals surface area contributed by atoms with Crippen LogP contribution in [0.25, 0.3) is 0 Å². The molecule has 0 aromatic heterocycles. The minimum atomic E-state index is -0.259. The number of anilines is 2. The number of carbonyl (C=O) groups is 2. The number of amides is 2. The maximum absolute atomic E-state index is 13.1. The van der Waals surface area contributed by atoms with Crippen LogP contribution in [0, 0.1) is 12.8 Å². The molecule has 0 bridgehead atoms. The van der Waals surface area contributed by atoms with Crippen molar-refractivity contribution in [2.24, 2.45) is 10.9 Å². The van der Waals surface area contributed by atoms with Crippen molar-refractivity contribution < 1.29 is 9.59 Å². The van der Waals surface area contributed by atoms with Gasteiger partial charge in [0.2, 0.25) is 11.8 Å². The summed E-state index contributed by atoms with van der Waals surface area (Å²) >= 11 is 6.03. The lowest BCUT2D eigenvalue weighted by Crippen LogP contribution is -2.41. The average molecular weight is 382 g/mol. The first-order valence-electron chi connectivity index (χ1n) is 9.07. The smallest absolute Gasteiger partial charge is 0.244 e. The van der Waals surface area contributed by atoms with E-state index in [-0.39, 0.29) is 24.3 Å². The van der Waals surface area contributed by atoms with Gasteiger partial charge in [-0.05, 0) is 56.0 Å². The van der Waals surface area contributed by atoms with E-state index in [2.05, 4.69) is 5.32 Å². The molecule has 0 spiro atoms. The summed E-state index contributed by atoms with van der Waals surface area (Å²) in [4.78, 5) is 32.2. The quantitative estimate of drug-likeness (QED) is 0.850. The van der Waals surface area contributed by atoms with Crippen LogP contribution in [0.5, 0.6) is 0 Å². The molecule has 6 heteroatoms. The predicted octanol–water partition coefficient (Wildman–Crippen LogP) is 4.51. The fourth-order valence-electron chi connectivity index (χ4n) is 3.70. The molecule has 1 fully saturated rings. The maximum atomic E-state index is 13.1. The van der Waals surface area contributed by atoms with Crippen LogP contribution in [-0.2, 0) is 9.59 Å². The van der Waals surface area contributed by atoms with Gasteiger partial charge in [0.25, 0.3) is 0 Å². The average Bonchev–Trinajstić information content (AvgIpc) is 3.07. The SMILES string of the molecule is Cc1ccc(Cl)cc1NC(=O)CN1C(=O)C2CCCC2=Nc2ccccc21. The molecule has 2 aromatic carbocycles. The summed E-state index contributed by atoms with van der Waals surface area (Å²) in [5, 5.41) is 3.43. The first-order chi connectivity index (χ1) is 13.0. The summed E-state index contributed by atoms with van der Waals surface area (Å²) in [5.74, 6) is -0.530. The van der Waals surface area contributed by atoms with Crippen molar-refractivity contribution in [1.82, 2.24) is 0 Å². The van der Waals surface area contributed by atoms with E-state index in [1.165, 1.54) is 0 Å². The molecule has 1 N–H and O–H groups in total. The molecule has 4 rings (SSSR count). The van der Waals surface area contributed by atoms with Gasteiger partial charge < -0.3 is 10.2 Å². The van der Waals surface area contributed by atoms with Crippen LogP contribution in [-0.4, -0.2) is 24.1 Å². The second kappa shape index (κ2) is 7.16. The van der Waals surface area contributed by atoms with Gasteiger partial charge in [0.1, 0.15) is 6.54 Å². The lowest BCUT2D eigenvalue weighted by atomic mass is 10.1. The number of fused-ring (bicyclic) bond motifs is 2. The molecule has 27 heavy (non-hydrogen) atoms. The van der Waals surface area contributed by atoms with Crippen LogP contribution in [0.15, 0.2) is 47.5 Å². The van der Waals surface area contributed by atoms with Gasteiger partial charge in [-0.3, -0.25) is 14.6 Å². The first kappa shape index (κ1) is 17.7. The van der Waals surface area contributed by atoms with E-state index < -0.39 is 0 Å². The van der Waals surface area contributed by atoms with Gasteiger partial charge in [0.15, 0.2) is 0 Å². The number of para-hydroxylation sites is 2. The fraction of sp³-hybridized carbons (Fsp3) is 0.286. The van der Waals surface area contributed by atoms with Gasteiger partial charge in [-0.1, -0.05) is 29.8 Å². The standard InChI is InChI=1S/C21H20ClN3O2/c1-13-9-10-14(22)11-18(13)24-20(26)12-25-19-8-3-2-6-17(19)23-16-7-4-5-15(16)21(25)27/h2-3,6,8-11,15H,4-5,7,12H2,1H3,(H,24,26). The summed E-state index contributed by atoms with van der Waals surface area (Å²) in [6.45, 7) is 1.85. The Kier molecular flexibility index (Phi) is 4.70. The molecule has 0 saturated heterocycles. The topological polar surface area (TPSA) is 61.8 Å². The Morgan fingerprint density at radius 2 is 2.11 bits per heavy atom. The number of hydrogen-bond donors (Lipinski definition) is 1. The second-order valence-electron chi connectivity index (χ2n) is 6.97. The van der Waals surface area contributed by atoms with Crippen molar-refractivity contribution >= 4 is 46.2 Å². The summed E-state index contributed by atoms with van der Waals surface area (Å²) < 4.78 is 0. The zero-order valence-corrected chi connectivity index (χ0v) is 15.8. The number of rotatable bonds is 3. The van der Waals surface area contributed by atoms with Crippen molar-refractivity contribution in [3.05, 3.63) is 53.1 Å². The number of aliphatic imine (C=N–C) groups is 1. The van der Waals surface area contributed by atoms with Crippen LogP contribution < -0.4 is 10.2 Å². The summed E-state index contributed by atoms with van der Waals surface area (Å²) in [6.07, 6.45) is 2.59. The summed E-state index contributed by atoms with van der Waals surface area (Å²) in [6, 6.07) is 12.8. The van der Waals surface area contributed by atoms with Crippen molar-refractivity contribution in [2.45, 2.75) is 26.2 Å². The van der Waals surface area contributed by atoms with E-state index in [0.29, 0.717) is 16.4 Å². The third-order valence-electron chi connectivity index (χ3n) is 5.10. The van der Waals surface area contributed by atoms with E-state index in [1.54, 1.807) is 17.0 Å². The van der Waals surface area contributed by atoms with Crippen LogP contribution in [0.1, 0.15) is 24.8 Å². The van der Waals surface area contributed by atoms with Crippen molar-refractivity contribution in [2.75, 3.05) is 16.8 Å². The Morgan fingerprint density at radius 3 is 2.96 bits per heavy atom. The third kappa shape index (κ3) is 3.47. The van der Waals surface area contributed by atoms with Crippen LogP contribution in [0.4, 0.5) is 17.1 Å². The number of hydrogen-bond acceptors (Lipinski definition) is 3. The second-order valence-corrected chi connectivity index (χ2v) is 7.40. The third-order valence-corrected chi connectivity index (χ3v) is 5.34. The highest BCUT2D eigenvalue weighted by Crippen LogP contribution is 2.37. The van der Waals surface area contributed by atoms with Gasteiger partial charge in [0.05, 0.1) is 17.3 Å². The molecule has 138 valence electrons. The highest BCUT2D eigenvalue weighted by molar-refractivity contribution is 6.31. The molecule has 2 aliphatic rings. The molecule has 0 radical (unpaired) electrons. The molecular formula is C21H20ClN3O2. The number of nitrogens with zero attached hydrogens (tertiary/aromatic N) is 2. The molecule has 1 aliphatic heterocycles. The Morgan fingerprint density at radius 1 is 1.30 bits per heavy atom. The van der Waals surface area contributed by atoms with Crippen molar-refractivity contribution in [1.29, 1.82) is 0 Å². The fourth-order valence-corrected chi connectivity index (χ4v) is 3.87. The highest BCUT2D eigenvalue weighted by atomic mass is 35.5. The van der Waals surface area contributed by atoms with E-state index in [9.17, 15) is 9.59 Å². The van der Waals surface area contributed by atoms with E-state index in [0.717, 1.165) is 36.2 Å². The molecule has 1 unspecified atom stereocenters. The number of halogens is 1. The minimum Gasteiger partial charge on any atom is -0.324 e. The van der Waals surface area contributed by atoms with Crippen LogP contribution in [0.2, 0.25) is 5.02 Å². The predicted molar refractivity (Wildman–Crippen MR) is 108 cm³/mol. The molecule has 2 amide bonds. The number of nitrogens with one attached hydrogen (secondary N) is 1. The van der Waals surface area contributed by atoms with Gasteiger partial charge in [-0.25, -0.2) is 0 Å². The lowest BCUT2D eigenvalue weighted by molar-refractivity contribution is -0.122. The molecule has 1 heterocycles. The number of aryl methyl sites for hydroxylation is 1. The van der Waals surface area contributed by atoms with E-state index >= 15 is 0 Å². The Hall–Kier alpha value is -2.66. The maximum Gasteiger partial charge on any atom is 0.244 e. The van der Waals surface area contributed by atoms with Gasteiger partial charge in [-0.15, -0.1) is 0 Å². The molecule has 1 atom stereocenters. The number of carbonyl (C=O) groups excluding carboxylic acids is 2. The van der Waals surface area contributed by atoms with E-state index in [4.69, 9.17) is 16.6 Å². The molecule has 1 aliphatic carbocycles. The summed E-state index contributed by atoms with van der Waals surface area (Å²) in [5.41, 5.74) is 3.93. The van der Waals surface area contributed by atoms with Gasteiger partial charge in [-0.2, -0.15) is 0 Å². The van der Waals surface area contributed by atoms with Gasteiger partial charge in [0, 0.05) is 16.4 Å². The Bertz CT molecular complexity index is 954. The number of benzene rings is 2. The first-order valence-corrected chi connectivity index (χ1v) is 9.44. The van der Waals surface area contributed by atoms with Crippen molar-refractivity contribution in [3.63, 3.8) is 0 Å². The van der Waals surface area contributed by atoms with E-state index in [1.807, 2.05) is 37.3 Å². The van der Waals surface area contributed by atoms with Crippen LogP contribution >= 0.6 is 11.6 Å². The molecule has 1 saturated carbocycles. The van der Waals surface area contributed by atoms with Crippen molar-refractivity contribution in [3.8, 4) is 0 Å². The Balaban J connectivity index is 1.62. The molecule has 5 nitrogen and oxygen atoms in total. The summed E-state index contributed by atoms with van der Waals surface area (Å²) in [7, 11) is 0. The van der Waals surface area contributed by atoms with Crippen LogP contribution in [0.3, 0.4) is 0 Å². The zero-order chi connectivity index (χ0) is 19.0.